The number of halogens is 2. The molecule has 1 fully saturated rings. The summed E-state index contributed by atoms with van der Waals surface area (Å²) in [5.74, 6) is -0.468. The molecule has 0 aliphatic carbocycles. The van der Waals surface area contributed by atoms with Crippen LogP contribution < -0.4 is 15.4 Å². The summed E-state index contributed by atoms with van der Waals surface area (Å²) in [6.45, 7) is 0. The second kappa shape index (κ2) is 7.37. The SMILES string of the molecule is COc1cc(Br)cc(/C=C2\SC(Nc3ccccc3F)NC2=O)c1O. The fourth-order valence-electron chi connectivity index (χ4n) is 2.29. The zero-order valence-electron chi connectivity index (χ0n) is 13.0. The van der Waals surface area contributed by atoms with Crippen molar-refractivity contribution in [1.29, 1.82) is 0 Å². The lowest BCUT2D eigenvalue weighted by Gasteiger charge is -2.13. The molecule has 2 aromatic rings. The van der Waals surface area contributed by atoms with Crippen molar-refractivity contribution >= 4 is 45.4 Å². The summed E-state index contributed by atoms with van der Waals surface area (Å²) < 4.78 is 19.5. The molecule has 0 saturated carbocycles. The number of phenolic OH excluding ortho intramolecular Hbond substituents is 1. The summed E-state index contributed by atoms with van der Waals surface area (Å²) in [5.41, 5.74) is 0.232. The summed E-state index contributed by atoms with van der Waals surface area (Å²) in [5, 5.41) is 15.8. The molecule has 5 nitrogen and oxygen atoms in total. The van der Waals surface area contributed by atoms with Crippen LogP contribution in [0.4, 0.5) is 10.1 Å². The number of benzene rings is 2. The monoisotopic (exact) mass is 424 g/mol. The number of amides is 1. The number of hydrogen-bond acceptors (Lipinski definition) is 5. The molecular weight excluding hydrogens is 411 g/mol. The van der Waals surface area contributed by atoms with E-state index >= 15 is 0 Å². The van der Waals surface area contributed by atoms with Gasteiger partial charge >= 0.3 is 0 Å². The zero-order valence-corrected chi connectivity index (χ0v) is 15.4. The minimum Gasteiger partial charge on any atom is -0.504 e. The molecule has 1 aliphatic rings. The van der Waals surface area contributed by atoms with Gasteiger partial charge in [0.2, 0.25) is 0 Å². The van der Waals surface area contributed by atoms with Gasteiger partial charge in [0.15, 0.2) is 17.0 Å². The second-order valence-electron chi connectivity index (χ2n) is 5.15. The summed E-state index contributed by atoms with van der Waals surface area (Å²) >= 11 is 4.54. The smallest absolute Gasteiger partial charge is 0.260 e. The van der Waals surface area contributed by atoms with Crippen LogP contribution in [0.1, 0.15) is 5.56 Å². The molecule has 0 aromatic heterocycles. The van der Waals surface area contributed by atoms with Crippen LogP contribution in [0.2, 0.25) is 0 Å². The van der Waals surface area contributed by atoms with E-state index in [2.05, 4.69) is 26.6 Å². The number of thioether (sulfide) groups is 1. The molecular formula is C17H14BrFN2O3S. The minimum atomic E-state index is -0.508. The highest BCUT2D eigenvalue weighted by molar-refractivity contribution is 9.10. The first kappa shape index (κ1) is 17.6. The second-order valence-corrected chi connectivity index (χ2v) is 7.21. The molecule has 1 saturated heterocycles. The van der Waals surface area contributed by atoms with Gasteiger partial charge in [0.1, 0.15) is 5.82 Å². The normalized spacial score (nSPS) is 18.3. The first-order valence-electron chi connectivity index (χ1n) is 7.24. The van der Waals surface area contributed by atoms with Crippen molar-refractivity contribution in [3.05, 3.63) is 57.2 Å². The highest BCUT2D eigenvalue weighted by atomic mass is 79.9. The molecule has 1 unspecified atom stereocenters. The third kappa shape index (κ3) is 3.91. The number of carbonyl (C=O) groups excluding carboxylic acids is 1. The predicted octanol–water partition coefficient (Wildman–Crippen LogP) is 3.90. The van der Waals surface area contributed by atoms with E-state index in [0.717, 1.165) is 0 Å². The van der Waals surface area contributed by atoms with E-state index in [1.54, 1.807) is 36.4 Å². The van der Waals surface area contributed by atoms with Crippen LogP contribution >= 0.6 is 27.7 Å². The van der Waals surface area contributed by atoms with E-state index in [9.17, 15) is 14.3 Å². The van der Waals surface area contributed by atoms with Gasteiger partial charge in [0.25, 0.3) is 5.91 Å². The molecule has 0 bridgehead atoms. The van der Waals surface area contributed by atoms with Crippen LogP contribution in [0.25, 0.3) is 6.08 Å². The fraction of sp³-hybridized carbons (Fsp3) is 0.118. The molecule has 1 atom stereocenters. The zero-order chi connectivity index (χ0) is 18.0. The number of hydrogen-bond donors (Lipinski definition) is 3. The van der Waals surface area contributed by atoms with Crippen LogP contribution in [0.5, 0.6) is 11.5 Å². The van der Waals surface area contributed by atoms with Gasteiger partial charge in [-0.25, -0.2) is 4.39 Å². The number of phenols is 1. The Morgan fingerprint density at radius 2 is 2.16 bits per heavy atom. The number of aromatic hydroxyl groups is 1. The quantitative estimate of drug-likeness (QED) is 0.649. The summed E-state index contributed by atoms with van der Waals surface area (Å²) in [4.78, 5) is 12.5. The molecule has 130 valence electrons. The van der Waals surface area contributed by atoms with Gasteiger partial charge < -0.3 is 20.5 Å². The lowest BCUT2D eigenvalue weighted by molar-refractivity contribution is -0.116. The van der Waals surface area contributed by atoms with E-state index in [0.29, 0.717) is 26.4 Å². The van der Waals surface area contributed by atoms with E-state index in [1.807, 2.05) is 0 Å². The van der Waals surface area contributed by atoms with Crippen LogP contribution in [-0.2, 0) is 4.79 Å². The van der Waals surface area contributed by atoms with E-state index in [-0.39, 0.29) is 11.7 Å². The lowest BCUT2D eigenvalue weighted by Crippen LogP contribution is -2.31. The van der Waals surface area contributed by atoms with Gasteiger partial charge in [0, 0.05) is 10.0 Å². The van der Waals surface area contributed by atoms with E-state index in [4.69, 9.17) is 4.74 Å². The summed E-state index contributed by atoms with van der Waals surface area (Å²) in [7, 11) is 1.45. The van der Waals surface area contributed by atoms with Crippen molar-refractivity contribution in [3.63, 3.8) is 0 Å². The van der Waals surface area contributed by atoms with Crippen molar-refractivity contribution in [1.82, 2.24) is 5.32 Å². The average molecular weight is 425 g/mol. The van der Waals surface area contributed by atoms with Crippen molar-refractivity contribution in [2.45, 2.75) is 5.50 Å². The molecule has 25 heavy (non-hydrogen) atoms. The summed E-state index contributed by atoms with van der Waals surface area (Å²) in [6, 6.07) is 9.53. The van der Waals surface area contributed by atoms with Gasteiger partial charge in [-0.1, -0.05) is 39.8 Å². The number of anilines is 1. The van der Waals surface area contributed by atoms with Crippen LogP contribution in [0.3, 0.4) is 0 Å². The number of rotatable bonds is 4. The Labute approximate surface area is 156 Å². The average Bonchev–Trinajstić information content (AvgIpc) is 2.92. The van der Waals surface area contributed by atoms with Crippen molar-refractivity contribution < 1.29 is 19.0 Å². The molecule has 8 heteroatoms. The van der Waals surface area contributed by atoms with Crippen LogP contribution in [0, 0.1) is 5.82 Å². The minimum absolute atomic E-state index is 0.0582. The maximum Gasteiger partial charge on any atom is 0.260 e. The maximum absolute atomic E-state index is 13.7. The number of nitrogens with one attached hydrogen (secondary N) is 2. The standard InChI is InChI=1S/C17H14BrFN2O3S/c1-24-13-8-10(18)6-9(15(13)22)7-14-16(23)21-17(25-14)20-12-5-3-2-4-11(12)19/h2-8,17,20,22H,1H3,(H,21,23)/b14-7-. The van der Waals surface area contributed by atoms with E-state index in [1.165, 1.54) is 24.9 Å². The third-order valence-electron chi connectivity index (χ3n) is 3.47. The highest BCUT2D eigenvalue weighted by Crippen LogP contribution is 2.37. The Morgan fingerprint density at radius 3 is 2.88 bits per heavy atom. The molecule has 3 N–H and O–H groups in total. The van der Waals surface area contributed by atoms with Crippen LogP contribution in [-0.4, -0.2) is 23.6 Å². The van der Waals surface area contributed by atoms with E-state index < -0.39 is 11.3 Å². The molecule has 0 spiro atoms. The van der Waals surface area contributed by atoms with Crippen LogP contribution in [0.15, 0.2) is 45.8 Å². The van der Waals surface area contributed by atoms with Gasteiger partial charge in [-0.15, -0.1) is 0 Å². The van der Waals surface area contributed by atoms with Gasteiger partial charge in [0.05, 0.1) is 17.7 Å². The highest BCUT2D eigenvalue weighted by Gasteiger charge is 2.28. The molecule has 0 radical (unpaired) electrons. The largest absolute Gasteiger partial charge is 0.504 e. The molecule has 1 aliphatic heterocycles. The number of para-hydroxylation sites is 1. The maximum atomic E-state index is 13.7. The Hall–Kier alpha value is -2.19. The van der Waals surface area contributed by atoms with Gasteiger partial charge in [-0.05, 0) is 30.3 Å². The van der Waals surface area contributed by atoms with Gasteiger partial charge in [-0.3, -0.25) is 4.79 Å². The fourth-order valence-corrected chi connectivity index (χ4v) is 3.71. The molecule has 1 amide bonds. The number of methoxy groups -OCH3 is 1. The van der Waals surface area contributed by atoms with Crippen molar-refractivity contribution in [2.75, 3.05) is 12.4 Å². The Morgan fingerprint density at radius 1 is 1.40 bits per heavy atom. The molecule has 1 heterocycles. The van der Waals surface area contributed by atoms with Crippen molar-refractivity contribution in [2.24, 2.45) is 0 Å². The van der Waals surface area contributed by atoms with Gasteiger partial charge in [-0.2, -0.15) is 0 Å². The Bertz CT molecular complexity index is 860. The Kier molecular flexibility index (Phi) is 5.19. The first-order chi connectivity index (χ1) is 12.0. The third-order valence-corrected chi connectivity index (χ3v) is 4.95. The molecule has 3 rings (SSSR count). The molecule has 2 aromatic carbocycles. The van der Waals surface area contributed by atoms with Crippen molar-refractivity contribution in [3.8, 4) is 11.5 Å². The summed E-state index contributed by atoms with van der Waals surface area (Å²) in [6.07, 6.45) is 1.56. The Balaban J connectivity index is 1.83. The predicted molar refractivity (Wildman–Crippen MR) is 99.9 cm³/mol. The number of carbonyl (C=O) groups is 1. The topological polar surface area (TPSA) is 70.6 Å². The lowest BCUT2D eigenvalue weighted by atomic mass is 10.1. The first-order valence-corrected chi connectivity index (χ1v) is 8.92. The number of ether oxygens (including phenoxy) is 1.